The van der Waals surface area contributed by atoms with Gasteiger partial charge in [-0.3, -0.25) is 14.5 Å². The fraction of sp³-hybridized carbons (Fsp3) is 0.304. The molecule has 5 heterocycles. The van der Waals surface area contributed by atoms with E-state index in [0.717, 1.165) is 29.0 Å². The number of carbonyl (C=O) groups is 3. The first-order valence-corrected chi connectivity index (χ1v) is 13.3. The monoisotopic (exact) mass is 542 g/mol. The maximum absolute atomic E-state index is 13.1. The Labute approximate surface area is 219 Å². The van der Waals surface area contributed by atoms with Gasteiger partial charge < -0.3 is 25.4 Å². The van der Waals surface area contributed by atoms with Crippen LogP contribution in [0.5, 0.6) is 0 Å². The highest BCUT2D eigenvalue weighted by Gasteiger charge is 2.54. The van der Waals surface area contributed by atoms with Crippen molar-refractivity contribution in [3.05, 3.63) is 58.8 Å². The third kappa shape index (κ3) is 4.42. The molecular formula is C23H24N7O5S2+. The third-order valence-corrected chi connectivity index (χ3v) is 8.15. The van der Waals surface area contributed by atoms with Crippen LogP contribution in [0, 0.1) is 0 Å². The van der Waals surface area contributed by atoms with E-state index in [9.17, 15) is 19.5 Å². The number of thioether (sulfide) groups is 1. The summed E-state index contributed by atoms with van der Waals surface area (Å²) in [6, 6.07) is 3.03. The second-order valence-electron chi connectivity index (χ2n) is 8.39. The zero-order valence-electron chi connectivity index (χ0n) is 20.0. The Kier molecular flexibility index (Phi) is 6.60. The van der Waals surface area contributed by atoms with Crippen molar-refractivity contribution in [3.8, 4) is 0 Å². The van der Waals surface area contributed by atoms with Crippen molar-refractivity contribution in [2.45, 2.75) is 31.3 Å². The maximum Gasteiger partial charge on any atom is 0.352 e. The number of anilines is 1. The normalized spacial score (nSPS) is 19.6. The predicted molar refractivity (Wildman–Crippen MR) is 137 cm³/mol. The van der Waals surface area contributed by atoms with Crippen LogP contribution in [0.3, 0.4) is 0 Å². The number of amides is 2. The van der Waals surface area contributed by atoms with Gasteiger partial charge in [0.15, 0.2) is 29.8 Å². The molecule has 0 aliphatic carbocycles. The minimum Gasteiger partial charge on any atom is -0.477 e. The van der Waals surface area contributed by atoms with E-state index in [2.05, 4.69) is 26.8 Å². The molecule has 0 saturated carbocycles. The molecule has 192 valence electrons. The van der Waals surface area contributed by atoms with Crippen LogP contribution < -0.4 is 15.6 Å². The van der Waals surface area contributed by atoms with E-state index in [1.807, 2.05) is 35.3 Å². The number of aryl methyl sites for hydroxylation is 1. The van der Waals surface area contributed by atoms with Gasteiger partial charge in [0.25, 0.3) is 11.8 Å². The van der Waals surface area contributed by atoms with Crippen LogP contribution in [0.15, 0.2) is 52.5 Å². The molecule has 5 rings (SSSR count). The average molecular weight is 543 g/mol. The Morgan fingerprint density at radius 2 is 2.22 bits per heavy atom. The molecule has 1 saturated heterocycles. The highest BCUT2D eigenvalue weighted by atomic mass is 32.2. The summed E-state index contributed by atoms with van der Waals surface area (Å²) in [5.41, 5.74) is 8.42. The first-order chi connectivity index (χ1) is 17.8. The second-order valence-corrected chi connectivity index (χ2v) is 10.4. The van der Waals surface area contributed by atoms with Gasteiger partial charge in [-0.2, -0.15) is 4.57 Å². The highest BCUT2D eigenvalue weighted by molar-refractivity contribution is 8.00. The van der Waals surface area contributed by atoms with Crippen molar-refractivity contribution in [2.24, 2.45) is 5.16 Å². The number of nitrogens with one attached hydrogen (secondary N) is 1. The lowest BCUT2D eigenvalue weighted by molar-refractivity contribution is -0.688. The lowest BCUT2D eigenvalue weighted by atomic mass is 10.0. The molecule has 0 unspecified atom stereocenters. The fourth-order valence-corrected chi connectivity index (χ4v) is 6.38. The number of oxime groups is 1. The van der Waals surface area contributed by atoms with Crippen molar-refractivity contribution in [1.29, 1.82) is 0 Å². The standard InChI is InChI=1S/C23H23N7O5S2/c1-3-13-8-28(9-14-5-4-6-29(13)14)7-12-10-36-21-17(20(32)30(21)18(12)22(33)34)26-19(31)16(27-35-2)15-11-37-23(24)25-15/h4-6,8-9,11,17,21H,3,7,10H2,1-2H3,(H3-,24,25,26,31,33,34)/p+1/t17-,21+/m1/s1. The minimum atomic E-state index is -1.18. The van der Waals surface area contributed by atoms with Crippen LogP contribution in [0.25, 0.3) is 5.52 Å². The number of β-lactam (4-membered cyclic amide) rings is 1. The lowest BCUT2D eigenvalue weighted by Crippen LogP contribution is -2.71. The van der Waals surface area contributed by atoms with Gasteiger partial charge in [0.2, 0.25) is 0 Å². The summed E-state index contributed by atoms with van der Waals surface area (Å²) in [7, 11) is 1.29. The molecular weight excluding hydrogens is 518 g/mol. The predicted octanol–water partition coefficient (Wildman–Crippen LogP) is 0.617. The SMILES string of the molecule is CCc1c[n+](CC2=C(C(=O)O)N3C(=O)[C@@H](NC(=O)C(=NOC)c4csc(N)n4)[C@@H]3SC2)cc2cccn12. The van der Waals surface area contributed by atoms with Gasteiger partial charge in [-0.05, 0) is 18.6 Å². The molecule has 0 aromatic carbocycles. The summed E-state index contributed by atoms with van der Waals surface area (Å²) < 4.78 is 4.03. The Morgan fingerprint density at radius 3 is 2.89 bits per heavy atom. The summed E-state index contributed by atoms with van der Waals surface area (Å²) in [4.78, 5) is 48.4. The first-order valence-electron chi connectivity index (χ1n) is 11.3. The number of aliphatic carboxylic acids is 1. The molecule has 3 aromatic rings. The smallest absolute Gasteiger partial charge is 0.352 e. The number of carboxylic acid groups (broad SMARTS) is 1. The molecule has 3 aromatic heterocycles. The van der Waals surface area contributed by atoms with Crippen LogP contribution in [0.1, 0.15) is 18.3 Å². The van der Waals surface area contributed by atoms with Crippen LogP contribution in [0.2, 0.25) is 0 Å². The Bertz CT molecular complexity index is 1480. The fourth-order valence-electron chi connectivity index (χ4n) is 4.50. The number of aromatic nitrogens is 3. The largest absolute Gasteiger partial charge is 0.477 e. The van der Waals surface area contributed by atoms with Gasteiger partial charge in [0.1, 0.15) is 35.4 Å². The van der Waals surface area contributed by atoms with E-state index in [4.69, 9.17) is 10.6 Å². The second kappa shape index (κ2) is 9.86. The molecule has 2 aliphatic heterocycles. The maximum atomic E-state index is 13.1. The summed E-state index contributed by atoms with van der Waals surface area (Å²) >= 11 is 2.54. The third-order valence-electron chi connectivity index (χ3n) is 6.14. The van der Waals surface area contributed by atoms with Gasteiger partial charge in [0.05, 0.1) is 5.69 Å². The topological polar surface area (TPSA) is 156 Å². The van der Waals surface area contributed by atoms with Gasteiger partial charge in [0, 0.05) is 22.9 Å². The van der Waals surface area contributed by atoms with Crippen molar-refractivity contribution < 1.29 is 28.9 Å². The van der Waals surface area contributed by atoms with Gasteiger partial charge in [-0.25, -0.2) is 9.78 Å². The number of nitrogens with zero attached hydrogens (tertiary/aromatic N) is 5. The number of hydrogen-bond donors (Lipinski definition) is 3. The Hall–Kier alpha value is -3.91. The molecule has 12 nitrogen and oxygen atoms in total. The molecule has 14 heteroatoms. The van der Waals surface area contributed by atoms with E-state index in [1.54, 1.807) is 5.38 Å². The quantitative estimate of drug-likeness (QED) is 0.162. The summed E-state index contributed by atoms with van der Waals surface area (Å²) in [6.07, 6.45) is 6.73. The van der Waals surface area contributed by atoms with E-state index in [1.165, 1.54) is 23.8 Å². The number of fused-ring (bicyclic) bond motifs is 2. The molecule has 1 fully saturated rings. The van der Waals surface area contributed by atoms with E-state index in [-0.39, 0.29) is 22.2 Å². The van der Waals surface area contributed by atoms with Crippen LogP contribution in [0.4, 0.5) is 5.13 Å². The van der Waals surface area contributed by atoms with Crippen molar-refractivity contribution >= 4 is 57.2 Å². The summed E-state index contributed by atoms with van der Waals surface area (Å²) in [6.45, 7) is 2.38. The van der Waals surface area contributed by atoms with Gasteiger partial charge in [-0.15, -0.1) is 23.1 Å². The van der Waals surface area contributed by atoms with Crippen molar-refractivity contribution in [3.63, 3.8) is 0 Å². The number of carboxylic acids is 1. The first kappa shape index (κ1) is 24.8. The van der Waals surface area contributed by atoms with E-state index in [0.29, 0.717) is 17.9 Å². The van der Waals surface area contributed by atoms with Gasteiger partial charge in [-0.1, -0.05) is 12.1 Å². The zero-order valence-corrected chi connectivity index (χ0v) is 21.6. The molecule has 0 bridgehead atoms. The molecule has 2 atom stereocenters. The lowest BCUT2D eigenvalue weighted by Gasteiger charge is -2.49. The molecule has 4 N–H and O–H groups in total. The number of nitrogens with two attached hydrogens (primary N) is 1. The van der Waals surface area contributed by atoms with Crippen molar-refractivity contribution in [1.82, 2.24) is 19.6 Å². The van der Waals surface area contributed by atoms with Gasteiger partial charge >= 0.3 is 5.97 Å². The average Bonchev–Trinajstić information content (AvgIpc) is 3.53. The Morgan fingerprint density at radius 1 is 1.41 bits per heavy atom. The zero-order chi connectivity index (χ0) is 26.3. The van der Waals surface area contributed by atoms with Crippen LogP contribution in [-0.4, -0.2) is 67.2 Å². The molecule has 2 aliphatic rings. The molecule has 37 heavy (non-hydrogen) atoms. The number of nitrogen functional groups attached to an aromatic ring is 1. The molecule has 2 amide bonds. The number of rotatable bonds is 8. The number of carbonyl (C=O) groups excluding carboxylic acids is 2. The summed E-state index contributed by atoms with van der Waals surface area (Å²) in [5, 5.41) is 17.7. The van der Waals surface area contributed by atoms with E-state index < -0.39 is 29.2 Å². The van der Waals surface area contributed by atoms with Crippen LogP contribution in [-0.2, 0) is 32.2 Å². The summed E-state index contributed by atoms with van der Waals surface area (Å²) in [5.74, 6) is -1.96. The van der Waals surface area contributed by atoms with Crippen LogP contribution >= 0.6 is 23.1 Å². The highest BCUT2D eigenvalue weighted by Crippen LogP contribution is 2.40. The molecule has 0 spiro atoms. The Balaban J connectivity index is 1.38. The van der Waals surface area contributed by atoms with E-state index >= 15 is 0 Å². The van der Waals surface area contributed by atoms with Crippen molar-refractivity contribution in [2.75, 3.05) is 18.6 Å². The molecule has 0 radical (unpaired) electrons. The number of thiazole rings is 1. The minimum absolute atomic E-state index is 0.0434. The number of hydrogen-bond acceptors (Lipinski definition) is 9.